The first-order valence-corrected chi connectivity index (χ1v) is 8.42. The highest BCUT2D eigenvalue weighted by Crippen LogP contribution is 2.25. The Morgan fingerprint density at radius 2 is 2.00 bits per heavy atom. The van der Waals surface area contributed by atoms with E-state index in [4.69, 9.17) is 0 Å². The van der Waals surface area contributed by atoms with E-state index in [0.717, 1.165) is 44.7 Å². The molecule has 2 N–H and O–H groups in total. The summed E-state index contributed by atoms with van der Waals surface area (Å²) in [4.78, 5) is 15.5. The number of aliphatic imine (C=N–C) groups is 1. The monoisotopic (exact) mass is 342 g/mol. The maximum Gasteiger partial charge on any atom is 0.137 e. The van der Waals surface area contributed by atoms with Crippen LogP contribution in [-0.2, 0) is 0 Å². The summed E-state index contributed by atoms with van der Waals surface area (Å²) in [6, 6.07) is 3.96. The fraction of sp³-hybridized carbons (Fsp3) is 0.0909. The summed E-state index contributed by atoms with van der Waals surface area (Å²) < 4.78 is 0. The molecule has 3 heterocycles. The van der Waals surface area contributed by atoms with Gasteiger partial charge in [-0.1, -0.05) is 37.5 Å². The molecule has 0 saturated carbocycles. The quantitative estimate of drug-likeness (QED) is 0.455. The Morgan fingerprint density at radius 1 is 1.19 bits per heavy atom. The predicted octanol–water partition coefficient (Wildman–Crippen LogP) is 5.43. The lowest BCUT2D eigenvalue weighted by atomic mass is 10.1. The van der Waals surface area contributed by atoms with Crippen molar-refractivity contribution in [3.63, 3.8) is 0 Å². The van der Waals surface area contributed by atoms with Crippen molar-refractivity contribution in [2.24, 2.45) is 4.99 Å². The highest BCUT2D eigenvalue weighted by Gasteiger charge is 2.09. The van der Waals surface area contributed by atoms with Gasteiger partial charge in [-0.3, -0.25) is 4.99 Å². The van der Waals surface area contributed by atoms with E-state index in [2.05, 4.69) is 33.1 Å². The first-order chi connectivity index (χ1) is 12.7. The number of fused-ring (bicyclic) bond motifs is 1. The van der Waals surface area contributed by atoms with Gasteiger partial charge in [0, 0.05) is 63.8 Å². The lowest BCUT2D eigenvalue weighted by molar-refractivity contribution is 1.26. The Kier molecular flexibility index (Phi) is 5.13. The number of nitrogens with zero attached hydrogens (tertiary/aromatic N) is 2. The van der Waals surface area contributed by atoms with Gasteiger partial charge in [-0.25, -0.2) is 4.98 Å². The number of aromatic amines is 2. The largest absolute Gasteiger partial charge is 0.364 e. The molecule has 130 valence electrons. The van der Waals surface area contributed by atoms with Crippen molar-refractivity contribution in [1.82, 2.24) is 15.0 Å². The molecule has 4 heteroatoms. The molecule has 0 spiro atoms. The highest BCUT2D eigenvalue weighted by atomic mass is 14.8. The lowest BCUT2D eigenvalue weighted by Crippen LogP contribution is -1.94. The van der Waals surface area contributed by atoms with Gasteiger partial charge < -0.3 is 9.97 Å². The van der Waals surface area contributed by atoms with E-state index in [1.54, 1.807) is 12.3 Å². The maximum atomic E-state index is 4.68. The predicted molar refractivity (Wildman–Crippen MR) is 111 cm³/mol. The summed E-state index contributed by atoms with van der Waals surface area (Å²) >= 11 is 0. The second-order valence-electron chi connectivity index (χ2n) is 5.94. The summed E-state index contributed by atoms with van der Waals surface area (Å²) in [6.45, 7) is 11.7. The Balaban J connectivity index is 1.99. The van der Waals surface area contributed by atoms with Gasteiger partial charge in [-0.15, -0.1) is 0 Å². The Morgan fingerprint density at radius 3 is 2.77 bits per heavy atom. The minimum absolute atomic E-state index is 0.856. The minimum Gasteiger partial charge on any atom is -0.364 e. The number of aryl methyl sites for hydroxylation is 1. The van der Waals surface area contributed by atoms with Crippen molar-refractivity contribution in [1.29, 1.82) is 0 Å². The number of allylic oxidation sites excluding steroid dienone is 4. The fourth-order valence-corrected chi connectivity index (χ4v) is 2.88. The van der Waals surface area contributed by atoms with Crippen molar-refractivity contribution in [3.05, 3.63) is 90.7 Å². The number of nitrogens with one attached hydrogen (secondary N) is 2. The maximum absolute atomic E-state index is 4.68. The van der Waals surface area contributed by atoms with Crippen LogP contribution in [0.2, 0.25) is 0 Å². The second kappa shape index (κ2) is 7.66. The zero-order chi connectivity index (χ0) is 18.5. The van der Waals surface area contributed by atoms with Crippen molar-refractivity contribution in [2.75, 3.05) is 0 Å². The Labute approximate surface area is 153 Å². The summed E-state index contributed by atoms with van der Waals surface area (Å²) in [5.74, 6) is 0. The van der Waals surface area contributed by atoms with Crippen molar-refractivity contribution >= 4 is 28.4 Å². The van der Waals surface area contributed by atoms with Crippen LogP contribution in [0, 0.1) is 6.92 Å². The van der Waals surface area contributed by atoms with Gasteiger partial charge in [0.05, 0.1) is 0 Å². The van der Waals surface area contributed by atoms with Crippen LogP contribution in [0.25, 0.3) is 22.7 Å². The van der Waals surface area contributed by atoms with Crippen LogP contribution in [0.1, 0.15) is 29.3 Å². The summed E-state index contributed by atoms with van der Waals surface area (Å²) in [5.41, 5.74) is 7.06. The van der Waals surface area contributed by atoms with E-state index in [1.807, 2.05) is 62.8 Å². The average Bonchev–Trinajstić information content (AvgIpc) is 3.24. The molecule has 3 aromatic heterocycles. The van der Waals surface area contributed by atoms with Crippen LogP contribution in [0.5, 0.6) is 0 Å². The summed E-state index contributed by atoms with van der Waals surface area (Å²) in [7, 11) is 0. The molecule has 0 atom stereocenters. The van der Waals surface area contributed by atoms with Crippen LogP contribution in [0.15, 0.2) is 73.3 Å². The molecule has 0 aliphatic heterocycles. The van der Waals surface area contributed by atoms with E-state index in [1.165, 1.54) is 0 Å². The summed E-state index contributed by atoms with van der Waals surface area (Å²) in [5, 5.41) is 1.05. The number of rotatable bonds is 6. The molecular weight excluding hydrogens is 320 g/mol. The molecule has 26 heavy (non-hydrogen) atoms. The van der Waals surface area contributed by atoms with Gasteiger partial charge in [-0.05, 0) is 26.0 Å². The highest BCUT2D eigenvalue weighted by molar-refractivity contribution is 6.03. The van der Waals surface area contributed by atoms with E-state index >= 15 is 0 Å². The number of hydrogen-bond donors (Lipinski definition) is 2. The van der Waals surface area contributed by atoms with Gasteiger partial charge in [0.25, 0.3) is 0 Å². The first-order valence-electron chi connectivity index (χ1n) is 8.42. The number of pyridine rings is 1. The van der Waals surface area contributed by atoms with Crippen LogP contribution >= 0.6 is 0 Å². The topological polar surface area (TPSA) is 56.8 Å². The molecule has 0 aliphatic carbocycles. The van der Waals surface area contributed by atoms with Crippen molar-refractivity contribution in [3.8, 4) is 0 Å². The molecule has 0 aromatic carbocycles. The molecule has 4 nitrogen and oxygen atoms in total. The average molecular weight is 342 g/mol. The lowest BCUT2D eigenvalue weighted by Gasteiger charge is -2.02. The van der Waals surface area contributed by atoms with Gasteiger partial charge in [0.1, 0.15) is 5.65 Å². The van der Waals surface area contributed by atoms with Gasteiger partial charge >= 0.3 is 0 Å². The molecule has 0 aliphatic rings. The SMILES string of the molecule is C=C/C=C\c1c(/C(C)=N/C=C(\C=C)c2c[nH]c3ncccc23)c[nH]c1C. The number of aromatic nitrogens is 3. The van der Waals surface area contributed by atoms with E-state index in [0.29, 0.717) is 0 Å². The van der Waals surface area contributed by atoms with E-state index < -0.39 is 0 Å². The normalized spacial score (nSPS) is 12.8. The van der Waals surface area contributed by atoms with Gasteiger partial charge in [0.2, 0.25) is 0 Å². The summed E-state index contributed by atoms with van der Waals surface area (Å²) in [6.07, 6.45) is 15.1. The smallest absolute Gasteiger partial charge is 0.137 e. The molecule has 0 radical (unpaired) electrons. The molecule has 0 unspecified atom stereocenters. The molecule has 0 amide bonds. The van der Waals surface area contributed by atoms with Crippen LogP contribution in [-0.4, -0.2) is 20.7 Å². The zero-order valence-electron chi connectivity index (χ0n) is 15.1. The van der Waals surface area contributed by atoms with Crippen molar-refractivity contribution < 1.29 is 0 Å². The van der Waals surface area contributed by atoms with E-state index in [-0.39, 0.29) is 0 Å². The van der Waals surface area contributed by atoms with Gasteiger partial charge in [-0.2, -0.15) is 0 Å². The fourth-order valence-electron chi connectivity index (χ4n) is 2.88. The second-order valence-corrected chi connectivity index (χ2v) is 5.94. The number of H-pyrrole nitrogens is 2. The van der Waals surface area contributed by atoms with Crippen LogP contribution < -0.4 is 0 Å². The number of hydrogen-bond acceptors (Lipinski definition) is 2. The zero-order valence-corrected chi connectivity index (χ0v) is 15.1. The molecule has 3 rings (SSSR count). The van der Waals surface area contributed by atoms with Crippen LogP contribution in [0.3, 0.4) is 0 Å². The molecule has 3 aromatic rings. The first kappa shape index (κ1) is 17.4. The van der Waals surface area contributed by atoms with Crippen molar-refractivity contribution in [2.45, 2.75) is 13.8 Å². The molecular formula is C22H22N4. The standard InChI is InChI=1S/C22H22N4/c1-5-7-9-18-15(3)25-13-20(18)16(4)24-12-17(6-2)21-14-26-22-19(21)10-8-11-23-22/h5-14,25H,1-2H2,3-4H3,(H,23,26)/b9-7-,17-12+,24-16+. The molecule has 0 fully saturated rings. The van der Waals surface area contributed by atoms with Gasteiger partial charge in [0.15, 0.2) is 0 Å². The Hall–Kier alpha value is -3.40. The third-order valence-electron chi connectivity index (χ3n) is 4.30. The third kappa shape index (κ3) is 3.35. The third-order valence-corrected chi connectivity index (χ3v) is 4.30. The molecule has 0 saturated heterocycles. The van der Waals surface area contributed by atoms with Crippen LogP contribution in [0.4, 0.5) is 0 Å². The minimum atomic E-state index is 0.856. The molecule has 0 bridgehead atoms. The van der Waals surface area contributed by atoms with E-state index in [9.17, 15) is 0 Å². The Bertz CT molecular complexity index is 1040.